The van der Waals surface area contributed by atoms with Gasteiger partial charge in [-0.1, -0.05) is 50.5 Å². The van der Waals surface area contributed by atoms with E-state index in [0.717, 1.165) is 12.8 Å². The van der Waals surface area contributed by atoms with Gasteiger partial charge in [-0.05, 0) is 30.8 Å². The van der Waals surface area contributed by atoms with Crippen LogP contribution in [0.1, 0.15) is 51.9 Å². The van der Waals surface area contributed by atoms with Gasteiger partial charge in [-0.15, -0.1) is 0 Å². The molecule has 0 aliphatic rings. The Morgan fingerprint density at radius 1 is 1.00 bits per heavy atom. The molecule has 0 spiro atoms. The van der Waals surface area contributed by atoms with Gasteiger partial charge in [-0.3, -0.25) is 0 Å². The summed E-state index contributed by atoms with van der Waals surface area (Å²) < 4.78 is 0. The van der Waals surface area contributed by atoms with Crippen LogP contribution in [0.2, 0.25) is 0 Å². The molecule has 0 aromatic rings. The fourth-order valence-corrected chi connectivity index (χ4v) is 1.56. The van der Waals surface area contributed by atoms with E-state index in [1.54, 1.807) is 6.08 Å². The van der Waals surface area contributed by atoms with E-state index in [1.165, 1.54) is 25.7 Å². The van der Waals surface area contributed by atoms with Gasteiger partial charge in [0.05, 0.1) is 0 Å². The van der Waals surface area contributed by atoms with Crippen molar-refractivity contribution in [2.24, 2.45) is 0 Å². The molecular weight excluding hydrogens is 252 g/mol. The lowest BCUT2D eigenvalue weighted by Gasteiger charge is -1.97. The van der Waals surface area contributed by atoms with Crippen molar-refractivity contribution < 1.29 is 15.3 Å². The molecule has 0 heterocycles. The molecule has 0 saturated heterocycles. The summed E-state index contributed by atoms with van der Waals surface area (Å²) in [5.41, 5.74) is 0. The molecule has 112 valence electrons. The summed E-state index contributed by atoms with van der Waals surface area (Å²) in [4.78, 5) is 0. The van der Waals surface area contributed by atoms with Crippen molar-refractivity contribution in [3.8, 4) is 23.7 Å². The second-order valence-corrected chi connectivity index (χ2v) is 4.64. The Labute approximate surface area is 122 Å². The van der Waals surface area contributed by atoms with Crippen LogP contribution < -0.4 is 0 Å². The molecule has 0 aliphatic carbocycles. The van der Waals surface area contributed by atoms with Gasteiger partial charge in [0, 0.05) is 13.0 Å². The van der Waals surface area contributed by atoms with Crippen molar-refractivity contribution in [3.05, 3.63) is 12.2 Å². The smallest absolute Gasteiger partial charge is 0.134 e. The summed E-state index contributed by atoms with van der Waals surface area (Å²) in [6.07, 6.45) is 9.31. The van der Waals surface area contributed by atoms with E-state index >= 15 is 0 Å². The number of allylic oxidation sites excluding steroid dienone is 1. The van der Waals surface area contributed by atoms with Crippen LogP contribution in [-0.4, -0.2) is 34.1 Å². The fraction of sp³-hybridized carbons (Fsp3) is 0.647. The monoisotopic (exact) mass is 278 g/mol. The van der Waals surface area contributed by atoms with Gasteiger partial charge >= 0.3 is 0 Å². The lowest BCUT2D eigenvalue weighted by atomic mass is 10.1. The Kier molecular flexibility index (Phi) is 13.3. The van der Waals surface area contributed by atoms with Crippen LogP contribution in [0.25, 0.3) is 0 Å². The van der Waals surface area contributed by atoms with Crippen molar-refractivity contribution in [1.82, 2.24) is 0 Å². The van der Waals surface area contributed by atoms with Crippen molar-refractivity contribution in [3.63, 3.8) is 0 Å². The van der Waals surface area contributed by atoms with E-state index in [2.05, 4.69) is 30.6 Å². The minimum absolute atomic E-state index is 0.104. The predicted molar refractivity (Wildman–Crippen MR) is 81.8 cm³/mol. The molecule has 0 aromatic heterocycles. The average molecular weight is 278 g/mol. The molecule has 3 N–H and O–H groups in total. The molecule has 0 fully saturated rings. The zero-order valence-electron chi connectivity index (χ0n) is 12.3. The third-order valence-electron chi connectivity index (χ3n) is 2.72. The summed E-state index contributed by atoms with van der Waals surface area (Å²) in [7, 11) is 0. The molecule has 3 nitrogen and oxygen atoms in total. The van der Waals surface area contributed by atoms with E-state index in [9.17, 15) is 10.2 Å². The highest BCUT2D eigenvalue weighted by Gasteiger charge is 1.94. The highest BCUT2D eigenvalue weighted by atomic mass is 16.3. The molecular formula is C17H26O3. The van der Waals surface area contributed by atoms with Crippen LogP contribution in [0.4, 0.5) is 0 Å². The van der Waals surface area contributed by atoms with Gasteiger partial charge in [0.1, 0.15) is 12.2 Å². The number of aliphatic hydroxyl groups is 3. The molecule has 3 heteroatoms. The van der Waals surface area contributed by atoms with Gasteiger partial charge in [-0.2, -0.15) is 0 Å². The first-order chi connectivity index (χ1) is 9.70. The van der Waals surface area contributed by atoms with Crippen molar-refractivity contribution >= 4 is 0 Å². The number of aliphatic hydroxyl groups excluding tert-OH is 3. The Bertz CT molecular complexity index is 365. The largest absolute Gasteiger partial charge is 0.396 e. The second kappa shape index (κ2) is 14.2. The second-order valence-electron chi connectivity index (χ2n) is 4.64. The summed E-state index contributed by atoms with van der Waals surface area (Å²) in [5, 5.41) is 27.3. The van der Waals surface area contributed by atoms with Crippen LogP contribution in [0.15, 0.2) is 12.2 Å². The molecule has 0 bridgehead atoms. The zero-order valence-corrected chi connectivity index (χ0v) is 12.3. The maximum absolute atomic E-state index is 9.53. The summed E-state index contributed by atoms with van der Waals surface area (Å²) >= 11 is 0. The highest BCUT2D eigenvalue weighted by molar-refractivity contribution is 5.29. The Morgan fingerprint density at radius 2 is 1.70 bits per heavy atom. The van der Waals surface area contributed by atoms with Crippen LogP contribution in [-0.2, 0) is 0 Å². The van der Waals surface area contributed by atoms with Gasteiger partial charge < -0.3 is 15.3 Å². The van der Waals surface area contributed by atoms with E-state index in [4.69, 9.17) is 5.11 Å². The zero-order chi connectivity index (χ0) is 15.1. The topological polar surface area (TPSA) is 60.7 Å². The molecule has 0 saturated carbocycles. The van der Waals surface area contributed by atoms with E-state index in [0.29, 0.717) is 0 Å². The van der Waals surface area contributed by atoms with Crippen LogP contribution in [0, 0.1) is 23.7 Å². The van der Waals surface area contributed by atoms with Crippen LogP contribution in [0.5, 0.6) is 0 Å². The van der Waals surface area contributed by atoms with Crippen molar-refractivity contribution in [2.75, 3.05) is 6.61 Å². The Morgan fingerprint density at radius 3 is 2.40 bits per heavy atom. The molecule has 2 unspecified atom stereocenters. The third-order valence-corrected chi connectivity index (χ3v) is 2.72. The van der Waals surface area contributed by atoms with Gasteiger partial charge in [0.25, 0.3) is 0 Å². The van der Waals surface area contributed by atoms with Gasteiger partial charge in [-0.25, -0.2) is 0 Å². The number of rotatable bonds is 9. The fourth-order valence-electron chi connectivity index (χ4n) is 1.56. The molecule has 0 amide bonds. The summed E-state index contributed by atoms with van der Waals surface area (Å²) in [6, 6.07) is 0. The average Bonchev–Trinajstić information content (AvgIpc) is 2.43. The number of hydrogen-bond acceptors (Lipinski definition) is 3. The van der Waals surface area contributed by atoms with Crippen LogP contribution >= 0.6 is 0 Å². The maximum Gasteiger partial charge on any atom is 0.134 e. The van der Waals surface area contributed by atoms with Crippen molar-refractivity contribution in [1.29, 1.82) is 0 Å². The molecule has 20 heavy (non-hydrogen) atoms. The molecule has 2 atom stereocenters. The van der Waals surface area contributed by atoms with Crippen molar-refractivity contribution in [2.45, 2.75) is 64.1 Å². The Balaban J connectivity index is 3.79. The Hall–Kier alpha value is -1.26. The highest BCUT2D eigenvalue weighted by Crippen LogP contribution is 2.05. The lowest BCUT2D eigenvalue weighted by Crippen LogP contribution is -2.04. The number of hydrogen-bond donors (Lipinski definition) is 3. The standard InChI is InChI=1S/C17H26O3/c1-2-3-4-5-6-7-8-11-16(19)12-9-10-13-17(20)14-15-18/h8,11,16-20H,2-7,14-15H2,1H3/b11-8-. The summed E-state index contributed by atoms with van der Waals surface area (Å²) in [6.45, 7) is 2.09. The molecule has 0 aromatic carbocycles. The van der Waals surface area contributed by atoms with Gasteiger partial charge in [0.2, 0.25) is 0 Å². The van der Waals surface area contributed by atoms with E-state index < -0.39 is 12.2 Å². The minimum atomic E-state index is -0.856. The molecule has 0 aliphatic heterocycles. The maximum atomic E-state index is 9.53. The van der Waals surface area contributed by atoms with Crippen LogP contribution in [0.3, 0.4) is 0 Å². The first kappa shape index (κ1) is 18.7. The van der Waals surface area contributed by atoms with E-state index in [1.807, 2.05) is 6.08 Å². The number of unbranched alkanes of at least 4 members (excludes halogenated alkanes) is 5. The third kappa shape index (κ3) is 13.2. The first-order valence-electron chi connectivity index (χ1n) is 7.35. The normalized spacial score (nSPS) is 13.2. The van der Waals surface area contributed by atoms with Gasteiger partial charge in [0.15, 0.2) is 0 Å². The predicted octanol–water partition coefficient (Wildman–Crippen LogP) is 2.01. The minimum Gasteiger partial charge on any atom is -0.396 e. The summed E-state index contributed by atoms with van der Waals surface area (Å²) in [5.74, 6) is 9.98. The molecule has 0 radical (unpaired) electrons. The quantitative estimate of drug-likeness (QED) is 0.343. The lowest BCUT2D eigenvalue weighted by molar-refractivity contribution is 0.177. The van der Waals surface area contributed by atoms with E-state index in [-0.39, 0.29) is 13.0 Å². The molecule has 0 rings (SSSR count). The SMILES string of the molecule is CCCCCCC/C=C\C(O)C#CC#CC(O)CCO. The first-order valence-corrected chi connectivity index (χ1v) is 7.35.